The Morgan fingerprint density at radius 1 is 1.14 bits per heavy atom. The molecule has 2 heterocycles. The summed E-state index contributed by atoms with van der Waals surface area (Å²) >= 11 is 3.52. The number of phenolic OH excluding ortho intramolecular Hbond substituents is 2. The predicted octanol–water partition coefficient (Wildman–Crippen LogP) is 4.63. The van der Waals surface area contributed by atoms with E-state index >= 15 is 0 Å². The molecule has 36 heavy (non-hydrogen) atoms. The lowest BCUT2D eigenvalue weighted by Crippen LogP contribution is -2.45. The minimum absolute atomic E-state index is 0.00678. The summed E-state index contributed by atoms with van der Waals surface area (Å²) in [7, 11) is -3.84. The van der Waals surface area contributed by atoms with E-state index in [-0.39, 0.29) is 22.4 Å². The number of aromatic nitrogens is 2. The molecule has 0 radical (unpaired) electrons. The fourth-order valence-electron chi connectivity index (χ4n) is 4.29. The lowest BCUT2D eigenvalue weighted by molar-refractivity contribution is 0.303. The first-order valence-corrected chi connectivity index (χ1v) is 13.8. The van der Waals surface area contributed by atoms with Crippen LogP contribution in [0.4, 0.5) is 0 Å². The number of aromatic hydroxyl groups is 2. The summed E-state index contributed by atoms with van der Waals surface area (Å²) in [6.45, 7) is 8.87. The molecule has 190 valence electrons. The van der Waals surface area contributed by atoms with Crippen molar-refractivity contribution in [2.24, 2.45) is 0 Å². The van der Waals surface area contributed by atoms with Gasteiger partial charge in [0, 0.05) is 37.3 Å². The van der Waals surface area contributed by atoms with E-state index in [2.05, 4.69) is 32.9 Å². The van der Waals surface area contributed by atoms with Gasteiger partial charge < -0.3 is 15.5 Å². The van der Waals surface area contributed by atoms with Crippen LogP contribution in [0.15, 0.2) is 70.7 Å². The van der Waals surface area contributed by atoms with Crippen molar-refractivity contribution in [1.29, 1.82) is 0 Å². The van der Waals surface area contributed by atoms with E-state index in [1.54, 1.807) is 6.20 Å². The summed E-state index contributed by atoms with van der Waals surface area (Å²) in [6, 6.07) is 11.4. The molecule has 0 amide bonds. The Kier molecular flexibility index (Phi) is 7.58. The average molecular weight is 574 g/mol. The van der Waals surface area contributed by atoms with Gasteiger partial charge in [0.15, 0.2) is 0 Å². The van der Waals surface area contributed by atoms with Gasteiger partial charge in [-0.3, -0.25) is 0 Å². The zero-order valence-electron chi connectivity index (χ0n) is 20.1. The van der Waals surface area contributed by atoms with E-state index < -0.39 is 10.0 Å². The molecule has 1 aliphatic rings. The van der Waals surface area contributed by atoms with Gasteiger partial charge in [0.25, 0.3) is 0 Å². The molecular formula is C26H29BrN4O4S. The van der Waals surface area contributed by atoms with Crippen LogP contribution in [0.1, 0.15) is 29.7 Å². The second-order valence-electron chi connectivity index (χ2n) is 8.87. The number of hydrogen-bond donors (Lipinski definition) is 3. The van der Waals surface area contributed by atoms with Crippen molar-refractivity contribution in [2.45, 2.75) is 37.6 Å². The molecule has 1 fully saturated rings. The zero-order chi connectivity index (χ0) is 26.0. The Labute approximate surface area is 219 Å². The molecule has 0 spiro atoms. The van der Waals surface area contributed by atoms with E-state index in [0.29, 0.717) is 25.9 Å². The summed E-state index contributed by atoms with van der Waals surface area (Å²) in [5, 5.41) is 27.5. The molecule has 10 heteroatoms. The van der Waals surface area contributed by atoms with Crippen molar-refractivity contribution in [3.8, 4) is 11.5 Å². The standard InChI is InChI=1S/C26H29BrN4O4S/c1-17-6-4-5-7-24(17)18(2)12-26(31-19(3)25(27)16-28-31)29-20-8-10-30(11-9-20)36(34,35)23-14-21(32)13-22(33)15-23/h4-7,12-16,20,29,32-33H,2,8-11H2,1,3H3/b26-12-. The summed E-state index contributed by atoms with van der Waals surface area (Å²) in [6.07, 6.45) is 4.84. The molecule has 1 aliphatic heterocycles. The summed E-state index contributed by atoms with van der Waals surface area (Å²) in [5.41, 5.74) is 3.92. The number of aryl methyl sites for hydroxylation is 1. The zero-order valence-corrected chi connectivity index (χ0v) is 22.6. The smallest absolute Gasteiger partial charge is 0.243 e. The predicted molar refractivity (Wildman–Crippen MR) is 144 cm³/mol. The molecule has 2 aromatic carbocycles. The Hall–Kier alpha value is -3.08. The van der Waals surface area contributed by atoms with Crippen LogP contribution in [0, 0.1) is 13.8 Å². The monoisotopic (exact) mass is 572 g/mol. The average Bonchev–Trinajstić information content (AvgIpc) is 3.16. The van der Waals surface area contributed by atoms with Crippen LogP contribution < -0.4 is 5.32 Å². The van der Waals surface area contributed by atoms with Crippen molar-refractivity contribution in [3.63, 3.8) is 0 Å². The maximum absolute atomic E-state index is 13.1. The Bertz CT molecular complexity index is 1400. The first-order chi connectivity index (χ1) is 17.1. The Balaban J connectivity index is 1.54. The molecule has 0 atom stereocenters. The summed E-state index contributed by atoms with van der Waals surface area (Å²) in [5.74, 6) is 0.162. The number of sulfonamides is 1. The van der Waals surface area contributed by atoms with Crippen molar-refractivity contribution in [1.82, 2.24) is 19.4 Å². The molecule has 0 unspecified atom stereocenters. The second kappa shape index (κ2) is 10.5. The van der Waals surface area contributed by atoms with Crippen molar-refractivity contribution in [2.75, 3.05) is 13.1 Å². The molecular weight excluding hydrogens is 544 g/mol. The van der Waals surface area contributed by atoms with Gasteiger partial charge in [-0.05, 0) is 65.4 Å². The van der Waals surface area contributed by atoms with Crippen LogP contribution in [0.3, 0.4) is 0 Å². The third-order valence-corrected chi connectivity index (χ3v) is 8.95. The van der Waals surface area contributed by atoms with Crippen LogP contribution >= 0.6 is 15.9 Å². The van der Waals surface area contributed by atoms with Crippen LogP contribution in [0.25, 0.3) is 11.4 Å². The molecule has 3 N–H and O–H groups in total. The highest BCUT2D eigenvalue weighted by molar-refractivity contribution is 9.10. The van der Waals surface area contributed by atoms with Crippen molar-refractivity contribution >= 4 is 37.3 Å². The summed E-state index contributed by atoms with van der Waals surface area (Å²) < 4.78 is 30.2. The van der Waals surface area contributed by atoms with Crippen molar-refractivity contribution < 1.29 is 18.6 Å². The largest absolute Gasteiger partial charge is 0.508 e. The summed E-state index contributed by atoms with van der Waals surface area (Å²) in [4.78, 5) is -0.126. The first-order valence-electron chi connectivity index (χ1n) is 11.5. The molecule has 0 aliphatic carbocycles. The molecule has 3 aromatic rings. The van der Waals surface area contributed by atoms with Gasteiger partial charge >= 0.3 is 0 Å². The number of piperidine rings is 1. The quantitative estimate of drug-likeness (QED) is 0.356. The van der Waals surface area contributed by atoms with E-state index in [0.717, 1.165) is 50.9 Å². The van der Waals surface area contributed by atoms with E-state index in [4.69, 9.17) is 0 Å². The highest BCUT2D eigenvalue weighted by Gasteiger charge is 2.30. The van der Waals surface area contributed by atoms with E-state index in [1.165, 1.54) is 4.31 Å². The number of phenols is 2. The normalized spacial score (nSPS) is 15.7. The van der Waals surface area contributed by atoms with Gasteiger partial charge in [-0.1, -0.05) is 30.8 Å². The van der Waals surface area contributed by atoms with Gasteiger partial charge in [-0.2, -0.15) is 9.40 Å². The first kappa shape index (κ1) is 26.0. The number of halogens is 1. The number of nitrogens with zero attached hydrogens (tertiary/aromatic N) is 3. The number of nitrogens with one attached hydrogen (secondary N) is 1. The van der Waals surface area contributed by atoms with Gasteiger partial charge in [-0.15, -0.1) is 0 Å². The minimum Gasteiger partial charge on any atom is -0.508 e. The lowest BCUT2D eigenvalue weighted by atomic mass is 10.0. The number of benzene rings is 2. The fraction of sp³-hybridized carbons (Fsp3) is 0.269. The van der Waals surface area contributed by atoms with E-state index in [9.17, 15) is 18.6 Å². The molecule has 4 rings (SSSR count). The van der Waals surface area contributed by atoms with Crippen LogP contribution in [-0.4, -0.2) is 51.8 Å². The van der Waals surface area contributed by atoms with Crippen LogP contribution in [0.2, 0.25) is 0 Å². The van der Waals surface area contributed by atoms with E-state index in [1.807, 2.05) is 48.9 Å². The van der Waals surface area contributed by atoms with Crippen LogP contribution in [-0.2, 0) is 10.0 Å². The van der Waals surface area contributed by atoms with Crippen molar-refractivity contribution in [3.05, 3.63) is 82.6 Å². The minimum atomic E-state index is -3.84. The maximum atomic E-state index is 13.1. The Morgan fingerprint density at radius 3 is 2.36 bits per heavy atom. The highest BCUT2D eigenvalue weighted by atomic mass is 79.9. The number of rotatable bonds is 7. The van der Waals surface area contributed by atoms with Gasteiger partial charge in [0.05, 0.1) is 21.3 Å². The molecule has 1 aromatic heterocycles. The molecule has 0 bridgehead atoms. The second-order valence-corrected chi connectivity index (χ2v) is 11.7. The van der Waals surface area contributed by atoms with Gasteiger partial charge in [-0.25, -0.2) is 13.1 Å². The maximum Gasteiger partial charge on any atom is 0.243 e. The number of hydrogen-bond acceptors (Lipinski definition) is 6. The third kappa shape index (κ3) is 5.50. The molecule has 0 saturated carbocycles. The highest BCUT2D eigenvalue weighted by Crippen LogP contribution is 2.29. The Morgan fingerprint density at radius 2 is 1.78 bits per heavy atom. The molecule has 1 saturated heterocycles. The SMILES string of the molecule is C=C(/C=C(/NC1CCN(S(=O)(=O)c2cc(O)cc(O)c2)CC1)n1ncc(Br)c1C)c1ccccc1C. The van der Waals surface area contributed by atoms with Gasteiger partial charge in [0.1, 0.15) is 17.3 Å². The lowest BCUT2D eigenvalue weighted by Gasteiger charge is -2.33. The molecule has 8 nitrogen and oxygen atoms in total. The number of allylic oxidation sites excluding steroid dienone is 2. The third-order valence-electron chi connectivity index (χ3n) is 6.30. The topological polar surface area (TPSA) is 108 Å². The fourth-order valence-corrected chi connectivity index (χ4v) is 6.08. The van der Waals surface area contributed by atoms with Gasteiger partial charge in [0.2, 0.25) is 10.0 Å². The van der Waals surface area contributed by atoms with Crippen LogP contribution in [0.5, 0.6) is 11.5 Å².